The Labute approximate surface area is 175 Å². The lowest BCUT2D eigenvalue weighted by Crippen LogP contribution is -2.13. The van der Waals surface area contributed by atoms with Crippen molar-refractivity contribution in [2.45, 2.75) is 51.5 Å². The number of benzene rings is 1. The van der Waals surface area contributed by atoms with Crippen molar-refractivity contribution in [1.29, 1.82) is 0 Å². The summed E-state index contributed by atoms with van der Waals surface area (Å²) in [5, 5.41) is 13.4. The predicted octanol–water partition coefficient (Wildman–Crippen LogP) is 4.74. The normalized spacial score (nSPS) is 14.3. The molecule has 0 aliphatic heterocycles. The van der Waals surface area contributed by atoms with Gasteiger partial charge in [-0.15, -0.1) is 16.4 Å². The number of anilines is 2. The van der Waals surface area contributed by atoms with Gasteiger partial charge in [-0.2, -0.15) is 0 Å². The highest BCUT2D eigenvalue weighted by Gasteiger charge is 2.15. The zero-order chi connectivity index (χ0) is 20.1. The van der Waals surface area contributed by atoms with Gasteiger partial charge < -0.3 is 11.1 Å². The highest BCUT2D eigenvalue weighted by atomic mass is 32.1. The Morgan fingerprint density at radius 2 is 2.14 bits per heavy atom. The highest BCUT2D eigenvalue weighted by molar-refractivity contribution is 7.13. The fourth-order valence-corrected chi connectivity index (χ4v) is 4.62. The Balaban J connectivity index is 1.28. The summed E-state index contributed by atoms with van der Waals surface area (Å²) in [6.07, 6.45) is 9.48. The maximum absolute atomic E-state index is 12.4. The number of nitrogen functional groups attached to an aromatic ring is 1. The Morgan fingerprint density at radius 3 is 2.93 bits per heavy atom. The monoisotopic (exact) mass is 409 g/mol. The molecule has 0 bridgehead atoms. The van der Waals surface area contributed by atoms with E-state index >= 15 is 0 Å². The predicted molar refractivity (Wildman–Crippen MR) is 118 cm³/mol. The molecule has 2 aromatic heterocycles. The van der Waals surface area contributed by atoms with E-state index in [4.69, 9.17) is 5.73 Å². The van der Waals surface area contributed by atoms with Crippen molar-refractivity contribution in [2.24, 2.45) is 5.92 Å². The van der Waals surface area contributed by atoms with Crippen molar-refractivity contribution in [3.8, 4) is 10.4 Å². The molecule has 0 atom stereocenters. The van der Waals surface area contributed by atoms with Gasteiger partial charge in [-0.05, 0) is 41.5 Å². The van der Waals surface area contributed by atoms with E-state index in [1.165, 1.54) is 32.1 Å². The van der Waals surface area contributed by atoms with Crippen molar-refractivity contribution in [3.63, 3.8) is 0 Å². The minimum Gasteiger partial charge on any atom is -0.397 e. The third-order valence-corrected chi connectivity index (χ3v) is 6.49. The number of nitrogens with zero attached hydrogens (tertiary/aromatic N) is 3. The van der Waals surface area contributed by atoms with Crippen molar-refractivity contribution in [1.82, 2.24) is 15.0 Å². The second kappa shape index (κ2) is 9.22. The van der Waals surface area contributed by atoms with Crippen LogP contribution in [0.1, 0.15) is 44.2 Å². The Hall–Kier alpha value is -2.67. The first-order valence-corrected chi connectivity index (χ1v) is 11.2. The second-order valence-corrected chi connectivity index (χ2v) is 8.69. The molecule has 152 valence electrons. The molecule has 1 saturated carbocycles. The van der Waals surface area contributed by atoms with Crippen LogP contribution >= 0.6 is 11.3 Å². The number of amides is 1. The minimum atomic E-state index is -0.0689. The molecule has 1 aromatic carbocycles. The fraction of sp³-hybridized carbons (Fsp3) is 0.409. The van der Waals surface area contributed by atoms with Crippen LogP contribution in [0, 0.1) is 5.92 Å². The molecule has 1 aliphatic carbocycles. The molecule has 3 N–H and O–H groups in total. The molecular formula is C22H27N5OS. The van der Waals surface area contributed by atoms with Crippen LogP contribution in [0.3, 0.4) is 0 Å². The molecule has 2 heterocycles. The molecule has 0 unspecified atom stereocenters. The zero-order valence-corrected chi connectivity index (χ0v) is 17.3. The van der Waals surface area contributed by atoms with Gasteiger partial charge in [0, 0.05) is 30.5 Å². The SMILES string of the molecule is Nc1ccc(-c2cccs2)cc1NC(=O)CCc1cn(CCC2CCCC2)nn1. The van der Waals surface area contributed by atoms with Crippen LogP contribution in [0.4, 0.5) is 11.4 Å². The molecule has 0 radical (unpaired) electrons. The topological polar surface area (TPSA) is 85.8 Å². The van der Waals surface area contributed by atoms with Crippen molar-refractivity contribution >= 4 is 28.6 Å². The lowest BCUT2D eigenvalue weighted by molar-refractivity contribution is -0.116. The summed E-state index contributed by atoms with van der Waals surface area (Å²) >= 11 is 1.66. The number of thiophene rings is 1. The summed E-state index contributed by atoms with van der Waals surface area (Å²) in [7, 11) is 0. The lowest BCUT2D eigenvalue weighted by Gasteiger charge is -2.09. The summed E-state index contributed by atoms with van der Waals surface area (Å²) in [4.78, 5) is 13.6. The van der Waals surface area contributed by atoms with Crippen molar-refractivity contribution < 1.29 is 4.79 Å². The third-order valence-electron chi connectivity index (χ3n) is 5.57. The summed E-state index contributed by atoms with van der Waals surface area (Å²) in [5.41, 5.74) is 9.17. The van der Waals surface area contributed by atoms with E-state index in [-0.39, 0.29) is 5.91 Å². The number of carbonyl (C=O) groups is 1. The Bertz CT molecular complexity index is 944. The maximum atomic E-state index is 12.4. The van der Waals surface area contributed by atoms with Gasteiger partial charge in [0.25, 0.3) is 0 Å². The van der Waals surface area contributed by atoms with Gasteiger partial charge in [-0.3, -0.25) is 9.48 Å². The van der Waals surface area contributed by atoms with E-state index in [9.17, 15) is 4.79 Å². The Morgan fingerprint density at radius 1 is 1.28 bits per heavy atom. The van der Waals surface area contributed by atoms with E-state index < -0.39 is 0 Å². The van der Waals surface area contributed by atoms with E-state index in [0.717, 1.165) is 28.6 Å². The van der Waals surface area contributed by atoms with Gasteiger partial charge in [0.2, 0.25) is 5.91 Å². The van der Waals surface area contributed by atoms with Gasteiger partial charge in [0.1, 0.15) is 0 Å². The number of aromatic nitrogens is 3. The maximum Gasteiger partial charge on any atom is 0.224 e. The fourth-order valence-electron chi connectivity index (χ4n) is 3.89. The molecule has 4 rings (SSSR count). The van der Waals surface area contributed by atoms with Crippen LogP contribution in [-0.2, 0) is 17.8 Å². The number of hydrogen-bond donors (Lipinski definition) is 2. The van der Waals surface area contributed by atoms with E-state index in [1.54, 1.807) is 11.3 Å². The zero-order valence-electron chi connectivity index (χ0n) is 16.5. The average Bonchev–Trinajstić information content (AvgIpc) is 3.48. The number of hydrogen-bond acceptors (Lipinski definition) is 5. The largest absolute Gasteiger partial charge is 0.397 e. The molecule has 29 heavy (non-hydrogen) atoms. The van der Waals surface area contributed by atoms with Crippen LogP contribution in [0.15, 0.2) is 41.9 Å². The highest BCUT2D eigenvalue weighted by Crippen LogP contribution is 2.30. The molecule has 1 amide bonds. The van der Waals surface area contributed by atoms with Crippen LogP contribution in [0.5, 0.6) is 0 Å². The van der Waals surface area contributed by atoms with Crippen LogP contribution in [0.25, 0.3) is 10.4 Å². The molecule has 0 saturated heterocycles. The van der Waals surface area contributed by atoms with Crippen LogP contribution < -0.4 is 11.1 Å². The van der Waals surface area contributed by atoms with E-state index in [0.29, 0.717) is 24.2 Å². The summed E-state index contributed by atoms with van der Waals surface area (Å²) in [6.45, 7) is 0.913. The molecule has 3 aromatic rings. The van der Waals surface area contributed by atoms with Gasteiger partial charge in [-0.1, -0.05) is 43.0 Å². The van der Waals surface area contributed by atoms with E-state index in [1.807, 2.05) is 40.5 Å². The van der Waals surface area contributed by atoms with Gasteiger partial charge in [-0.25, -0.2) is 0 Å². The number of nitrogens with two attached hydrogens (primary N) is 1. The van der Waals surface area contributed by atoms with Gasteiger partial charge >= 0.3 is 0 Å². The quantitative estimate of drug-likeness (QED) is 0.526. The van der Waals surface area contributed by atoms with E-state index in [2.05, 4.69) is 21.7 Å². The molecule has 6 nitrogen and oxygen atoms in total. The van der Waals surface area contributed by atoms with Crippen molar-refractivity contribution in [3.05, 3.63) is 47.6 Å². The second-order valence-electron chi connectivity index (χ2n) is 7.74. The number of aryl methyl sites for hydroxylation is 2. The number of rotatable bonds is 8. The third kappa shape index (κ3) is 5.23. The molecule has 1 aliphatic rings. The summed E-state index contributed by atoms with van der Waals surface area (Å²) in [6, 6.07) is 9.80. The first-order valence-electron chi connectivity index (χ1n) is 10.3. The van der Waals surface area contributed by atoms with Gasteiger partial charge in [0.15, 0.2) is 0 Å². The molecule has 7 heteroatoms. The summed E-state index contributed by atoms with van der Waals surface area (Å²) in [5.74, 6) is 0.768. The van der Waals surface area contributed by atoms with Gasteiger partial charge in [0.05, 0.1) is 17.1 Å². The van der Waals surface area contributed by atoms with Crippen LogP contribution in [-0.4, -0.2) is 20.9 Å². The first kappa shape index (κ1) is 19.6. The number of carbonyl (C=O) groups excluding carboxylic acids is 1. The standard InChI is InChI=1S/C22H27N5OS/c23-19-9-7-17(21-6-3-13-29-21)14-20(19)24-22(28)10-8-18-15-27(26-25-18)12-11-16-4-1-2-5-16/h3,6-7,9,13-16H,1-2,4-5,8,10-12,23H2,(H,24,28). The first-order chi connectivity index (χ1) is 14.2. The average molecular weight is 410 g/mol. The minimum absolute atomic E-state index is 0.0689. The Kier molecular flexibility index (Phi) is 6.24. The molecular weight excluding hydrogens is 382 g/mol. The number of nitrogens with one attached hydrogen (secondary N) is 1. The van der Waals surface area contributed by atoms with Crippen molar-refractivity contribution in [2.75, 3.05) is 11.1 Å². The lowest BCUT2D eigenvalue weighted by atomic mass is 10.0. The summed E-state index contributed by atoms with van der Waals surface area (Å²) < 4.78 is 1.91. The molecule has 0 spiro atoms. The molecule has 1 fully saturated rings. The smallest absolute Gasteiger partial charge is 0.224 e. The van der Waals surface area contributed by atoms with Crippen LogP contribution in [0.2, 0.25) is 0 Å².